The van der Waals surface area contributed by atoms with E-state index >= 15 is 0 Å². The first kappa shape index (κ1) is 17.0. The topological polar surface area (TPSA) is 41.1 Å². The number of carbonyl (C=O) groups excluding carboxylic acids is 1. The highest BCUT2D eigenvalue weighted by molar-refractivity contribution is 5.85. The van der Waals surface area contributed by atoms with Crippen LogP contribution in [0.25, 0.3) is 0 Å². The van der Waals surface area contributed by atoms with Crippen LogP contribution in [0.4, 0.5) is 0 Å². The largest absolute Gasteiger partial charge is 0.353 e. The second kappa shape index (κ2) is 8.98. The standard InChI is InChI=1S/C16H24N2O.ClH/c1-13-5-7-14(8-6-13)3-2-4-16(19)18-15-9-11-17-12-10-15;/h5-8,15,17H,2-4,9-12H2,1H3,(H,18,19);1H. The van der Waals surface area contributed by atoms with Gasteiger partial charge in [0.2, 0.25) is 5.91 Å². The first-order valence-electron chi connectivity index (χ1n) is 7.29. The van der Waals surface area contributed by atoms with Crippen molar-refractivity contribution in [2.24, 2.45) is 0 Å². The van der Waals surface area contributed by atoms with Gasteiger partial charge in [-0.05, 0) is 51.3 Å². The minimum Gasteiger partial charge on any atom is -0.353 e. The SMILES string of the molecule is Cc1ccc(CCCC(=O)NC2CCNCC2)cc1.Cl. The van der Waals surface area contributed by atoms with Gasteiger partial charge in [-0.2, -0.15) is 0 Å². The molecule has 0 radical (unpaired) electrons. The molecule has 0 atom stereocenters. The molecule has 1 aromatic rings. The molecule has 20 heavy (non-hydrogen) atoms. The maximum absolute atomic E-state index is 11.8. The molecular weight excluding hydrogens is 272 g/mol. The lowest BCUT2D eigenvalue weighted by Gasteiger charge is -2.23. The van der Waals surface area contributed by atoms with Gasteiger partial charge in [0.1, 0.15) is 0 Å². The summed E-state index contributed by atoms with van der Waals surface area (Å²) in [6.07, 6.45) is 4.67. The van der Waals surface area contributed by atoms with E-state index < -0.39 is 0 Å². The maximum Gasteiger partial charge on any atom is 0.220 e. The van der Waals surface area contributed by atoms with E-state index in [1.54, 1.807) is 0 Å². The summed E-state index contributed by atoms with van der Waals surface area (Å²) in [6, 6.07) is 8.95. The van der Waals surface area contributed by atoms with Gasteiger partial charge in [0.05, 0.1) is 0 Å². The molecule has 3 nitrogen and oxygen atoms in total. The van der Waals surface area contributed by atoms with Gasteiger partial charge in [-0.1, -0.05) is 29.8 Å². The minimum atomic E-state index is 0. The van der Waals surface area contributed by atoms with Crippen molar-refractivity contribution in [1.29, 1.82) is 0 Å². The first-order valence-corrected chi connectivity index (χ1v) is 7.29. The van der Waals surface area contributed by atoms with Gasteiger partial charge in [0, 0.05) is 12.5 Å². The molecule has 1 aliphatic rings. The van der Waals surface area contributed by atoms with Crippen LogP contribution in [-0.4, -0.2) is 25.0 Å². The highest BCUT2D eigenvalue weighted by Crippen LogP contribution is 2.08. The molecule has 0 saturated carbocycles. The molecule has 1 amide bonds. The van der Waals surface area contributed by atoms with Gasteiger partial charge < -0.3 is 10.6 Å². The summed E-state index contributed by atoms with van der Waals surface area (Å²) in [6.45, 7) is 4.14. The van der Waals surface area contributed by atoms with E-state index in [1.165, 1.54) is 11.1 Å². The van der Waals surface area contributed by atoms with Crippen molar-refractivity contribution >= 4 is 18.3 Å². The number of nitrogens with one attached hydrogen (secondary N) is 2. The quantitative estimate of drug-likeness (QED) is 0.877. The monoisotopic (exact) mass is 296 g/mol. The van der Waals surface area contributed by atoms with E-state index in [2.05, 4.69) is 41.8 Å². The smallest absolute Gasteiger partial charge is 0.220 e. The average molecular weight is 297 g/mol. The molecule has 1 heterocycles. The fraction of sp³-hybridized carbons (Fsp3) is 0.562. The van der Waals surface area contributed by atoms with Crippen LogP contribution >= 0.6 is 12.4 Å². The van der Waals surface area contributed by atoms with Gasteiger partial charge in [-0.3, -0.25) is 4.79 Å². The van der Waals surface area contributed by atoms with Crippen molar-refractivity contribution in [2.75, 3.05) is 13.1 Å². The van der Waals surface area contributed by atoms with Crippen molar-refractivity contribution in [3.8, 4) is 0 Å². The fourth-order valence-corrected chi connectivity index (χ4v) is 2.47. The summed E-state index contributed by atoms with van der Waals surface area (Å²) in [4.78, 5) is 11.8. The third-order valence-electron chi connectivity index (χ3n) is 3.69. The Morgan fingerprint density at radius 1 is 1.25 bits per heavy atom. The predicted molar refractivity (Wildman–Crippen MR) is 85.4 cm³/mol. The summed E-state index contributed by atoms with van der Waals surface area (Å²) in [7, 11) is 0. The van der Waals surface area contributed by atoms with E-state index in [1.807, 2.05) is 0 Å². The van der Waals surface area contributed by atoms with Crippen molar-refractivity contribution in [3.05, 3.63) is 35.4 Å². The molecule has 4 heteroatoms. The molecule has 1 aliphatic heterocycles. The molecule has 2 rings (SSSR count). The molecule has 1 fully saturated rings. The number of hydrogen-bond acceptors (Lipinski definition) is 2. The number of carbonyl (C=O) groups is 1. The van der Waals surface area contributed by atoms with Crippen LogP contribution in [-0.2, 0) is 11.2 Å². The Hall–Kier alpha value is -1.06. The minimum absolute atomic E-state index is 0. The number of benzene rings is 1. The van der Waals surface area contributed by atoms with Crippen LogP contribution in [0.3, 0.4) is 0 Å². The summed E-state index contributed by atoms with van der Waals surface area (Å²) in [5, 5.41) is 6.44. The van der Waals surface area contributed by atoms with Crippen molar-refractivity contribution < 1.29 is 4.79 Å². The van der Waals surface area contributed by atoms with Crippen LogP contribution in [0.1, 0.15) is 36.8 Å². The Morgan fingerprint density at radius 2 is 1.90 bits per heavy atom. The average Bonchev–Trinajstić information content (AvgIpc) is 2.42. The van der Waals surface area contributed by atoms with E-state index in [0.717, 1.165) is 38.8 Å². The molecule has 0 aromatic heterocycles. The van der Waals surface area contributed by atoms with Gasteiger partial charge >= 0.3 is 0 Å². The summed E-state index contributed by atoms with van der Waals surface area (Å²) in [5.74, 6) is 0.207. The zero-order chi connectivity index (χ0) is 13.5. The Bertz CT molecular complexity index is 399. The van der Waals surface area contributed by atoms with E-state index in [4.69, 9.17) is 0 Å². The lowest BCUT2D eigenvalue weighted by atomic mass is 10.0. The van der Waals surface area contributed by atoms with E-state index in [9.17, 15) is 4.79 Å². The molecule has 2 N–H and O–H groups in total. The maximum atomic E-state index is 11.8. The highest BCUT2D eigenvalue weighted by atomic mass is 35.5. The fourth-order valence-electron chi connectivity index (χ4n) is 2.47. The zero-order valence-electron chi connectivity index (χ0n) is 12.2. The number of hydrogen-bond donors (Lipinski definition) is 2. The predicted octanol–water partition coefficient (Wildman–Crippen LogP) is 2.61. The summed E-state index contributed by atoms with van der Waals surface area (Å²) >= 11 is 0. The lowest BCUT2D eigenvalue weighted by Crippen LogP contribution is -2.42. The van der Waals surface area contributed by atoms with Gasteiger partial charge in [0.15, 0.2) is 0 Å². The Balaban J connectivity index is 0.00000200. The van der Waals surface area contributed by atoms with Crippen LogP contribution in [0.15, 0.2) is 24.3 Å². The molecular formula is C16H25ClN2O. The Morgan fingerprint density at radius 3 is 2.55 bits per heavy atom. The highest BCUT2D eigenvalue weighted by Gasteiger charge is 2.14. The third-order valence-corrected chi connectivity index (χ3v) is 3.69. The second-order valence-electron chi connectivity index (χ2n) is 5.43. The molecule has 0 aliphatic carbocycles. The van der Waals surface area contributed by atoms with Crippen LogP contribution < -0.4 is 10.6 Å². The van der Waals surface area contributed by atoms with Gasteiger partial charge in [-0.15, -0.1) is 12.4 Å². The number of halogens is 1. The summed E-state index contributed by atoms with van der Waals surface area (Å²) in [5.41, 5.74) is 2.60. The number of rotatable bonds is 5. The van der Waals surface area contributed by atoms with Crippen LogP contribution in [0, 0.1) is 6.92 Å². The van der Waals surface area contributed by atoms with E-state index in [0.29, 0.717) is 12.5 Å². The van der Waals surface area contributed by atoms with Gasteiger partial charge in [0.25, 0.3) is 0 Å². The molecule has 112 valence electrons. The zero-order valence-corrected chi connectivity index (χ0v) is 13.0. The van der Waals surface area contributed by atoms with Crippen molar-refractivity contribution in [2.45, 2.75) is 45.1 Å². The van der Waals surface area contributed by atoms with Gasteiger partial charge in [-0.25, -0.2) is 0 Å². The second-order valence-corrected chi connectivity index (χ2v) is 5.43. The number of aryl methyl sites for hydroxylation is 2. The molecule has 0 spiro atoms. The molecule has 0 bridgehead atoms. The number of amides is 1. The van der Waals surface area contributed by atoms with Crippen molar-refractivity contribution in [1.82, 2.24) is 10.6 Å². The normalized spacial score (nSPS) is 15.4. The molecule has 1 aromatic carbocycles. The van der Waals surface area contributed by atoms with Crippen LogP contribution in [0.5, 0.6) is 0 Å². The van der Waals surface area contributed by atoms with E-state index in [-0.39, 0.29) is 18.3 Å². The molecule has 1 saturated heterocycles. The number of piperidine rings is 1. The Kier molecular flexibility index (Phi) is 7.63. The summed E-state index contributed by atoms with van der Waals surface area (Å²) < 4.78 is 0. The first-order chi connectivity index (χ1) is 9.24. The van der Waals surface area contributed by atoms with Crippen molar-refractivity contribution in [3.63, 3.8) is 0 Å². The third kappa shape index (κ3) is 5.93. The Labute approximate surface area is 127 Å². The molecule has 0 unspecified atom stereocenters. The van der Waals surface area contributed by atoms with Crippen LogP contribution in [0.2, 0.25) is 0 Å². The lowest BCUT2D eigenvalue weighted by molar-refractivity contribution is -0.122.